The zero-order valence-electron chi connectivity index (χ0n) is 11.5. The Bertz CT molecular complexity index is 378. The summed E-state index contributed by atoms with van der Waals surface area (Å²) in [6.45, 7) is 10.9. The fourth-order valence-electron chi connectivity index (χ4n) is 4.95. The van der Waals surface area contributed by atoms with Gasteiger partial charge in [0.2, 0.25) is 0 Å². The minimum Gasteiger partial charge on any atom is -0.368 e. The highest BCUT2D eigenvalue weighted by Crippen LogP contribution is 2.67. The van der Waals surface area contributed by atoms with E-state index in [9.17, 15) is 10.2 Å². The summed E-state index contributed by atoms with van der Waals surface area (Å²) in [5.74, 6) is 1.58. The van der Waals surface area contributed by atoms with Crippen LogP contribution >= 0.6 is 0 Å². The molecule has 1 saturated heterocycles. The van der Waals surface area contributed by atoms with Crippen LogP contribution in [0.3, 0.4) is 0 Å². The fraction of sp³-hybridized carbons (Fsp3) is 0.867. The largest absolute Gasteiger partial charge is 0.368 e. The van der Waals surface area contributed by atoms with E-state index in [4.69, 9.17) is 4.74 Å². The molecule has 0 aromatic carbocycles. The van der Waals surface area contributed by atoms with Gasteiger partial charge in [-0.15, -0.1) is 0 Å². The molecule has 0 spiro atoms. The van der Waals surface area contributed by atoms with Crippen molar-refractivity contribution in [1.29, 1.82) is 0 Å². The molecule has 0 amide bonds. The van der Waals surface area contributed by atoms with Crippen LogP contribution in [0.5, 0.6) is 0 Å². The van der Waals surface area contributed by atoms with Crippen LogP contribution in [0.1, 0.15) is 33.6 Å². The van der Waals surface area contributed by atoms with Gasteiger partial charge >= 0.3 is 0 Å². The molecule has 0 radical (unpaired) electrons. The van der Waals surface area contributed by atoms with Gasteiger partial charge in [-0.3, -0.25) is 0 Å². The third-order valence-corrected chi connectivity index (χ3v) is 5.94. The standard InChI is InChI=1S/C15H24O3/c1-7(2)9-5-6-15(4)8(3)10-11(9)12(15)14(17)18-13(10)16/h7,9-14,16-17H,3,5-6H2,1-2,4H3. The highest BCUT2D eigenvalue weighted by atomic mass is 16.7. The SMILES string of the molecule is C=C1C2C(O)OC(O)C3C2C(C(C)C)CCC13C. The van der Waals surface area contributed by atoms with E-state index in [0.717, 1.165) is 12.0 Å². The maximum Gasteiger partial charge on any atom is 0.164 e. The smallest absolute Gasteiger partial charge is 0.164 e. The number of aliphatic hydroxyl groups excluding tert-OH is 2. The zero-order chi connectivity index (χ0) is 13.2. The van der Waals surface area contributed by atoms with Gasteiger partial charge in [-0.2, -0.15) is 0 Å². The minimum absolute atomic E-state index is 0.0123. The number of hydrogen-bond donors (Lipinski definition) is 2. The maximum atomic E-state index is 10.2. The quantitative estimate of drug-likeness (QED) is 0.703. The van der Waals surface area contributed by atoms with Crippen LogP contribution in [0.2, 0.25) is 0 Å². The third kappa shape index (κ3) is 1.36. The number of rotatable bonds is 1. The van der Waals surface area contributed by atoms with Crippen LogP contribution in [0.25, 0.3) is 0 Å². The van der Waals surface area contributed by atoms with E-state index in [1.165, 1.54) is 6.42 Å². The van der Waals surface area contributed by atoms with E-state index in [1.54, 1.807) is 0 Å². The number of ether oxygens (including phenoxy) is 1. The summed E-state index contributed by atoms with van der Waals surface area (Å²) in [6, 6.07) is 0. The second-order valence-corrected chi connectivity index (χ2v) is 6.94. The Morgan fingerprint density at radius 2 is 2.00 bits per heavy atom. The highest BCUT2D eigenvalue weighted by molar-refractivity contribution is 5.29. The molecule has 18 heavy (non-hydrogen) atoms. The molecule has 102 valence electrons. The van der Waals surface area contributed by atoms with Crippen LogP contribution in [0, 0.1) is 35.0 Å². The predicted molar refractivity (Wildman–Crippen MR) is 68.4 cm³/mol. The fourth-order valence-corrected chi connectivity index (χ4v) is 4.95. The lowest BCUT2D eigenvalue weighted by Gasteiger charge is -2.48. The monoisotopic (exact) mass is 252 g/mol. The minimum atomic E-state index is -0.880. The van der Waals surface area contributed by atoms with E-state index < -0.39 is 12.6 Å². The van der Waals surface area contributed by atoms with Gasteiger partial charge in [-0.25, -0.2) is 0 Å². The lowest BCUT2D eigenvalue weighted by Crippen LogP contribution is -2.50. The molecule has 2 aliphatic carbocycles. The lowest BCUT2D eigenvalue weighted by atomic mass is 9.60. The second kappa shape index (κ2) is 3.81. The molecule has 3 nitrogen and oxygen atoms in total. The molecule has 3 rings (SSSR count). The Hall–Kier alpha value is -0.380. The molecule has 1 aliphatic heterocycles. The van der Waals surface area contributed by atoms with Crippen molar-refractivity contribution in [2.24, 2.45) is 35.0 Å². The topological polar surface area (TPSA) is 49.7 Å². The van der Waals surface area contributed by atoms with Crippen molar-refractivity contribution in [3.05, 3.63) is 12.2 Å². The van der Waals surface area contributed by atoms with Crippen molar-refractivity contribution in [2.75, 3.05) is 0 Å². The van der Waals surface area contributed by atoms with Crippen LogP contribution in [-0.4, -0.2) is 22.8 Å². The van der Waals surface area contributed by atoms with E-state index in [-0.39, 0.29) is 17.3 Å². The molecule has 0 aromatic heterocycles. The zero-order valence-corrected chi connectivity index (χ0v) is 11.5. The van der Waals surface area contributed by atoms with Gasteiger partial charge in [-0.05, 0) is 36.0 Å². The molecule has 7 atom stereocenters. The molecule has 2 N–H and O–H groups in total. The Morgan fingerprint density at radius 1 is 1.33 bits per heavy atom. The predicted octanol–water partition coefficient (Wildman–Crippen LogP) is 2.14. The van der Waals surface area contributed by atoms with E-state index in [1.807, 2.05) is 0 Å². The molecule has 3 heteroatoms. The molecule has 1 heterocycles. The maximum absolute atomic E-state index is 10.2. The van der Waals surface area contributed by atoms with Crippen LogP contribution in [0.15, 0.2) is 12.2 Å². The molecule has 2 saturated carbocycles. The number of hydrogen-bond acceptors (Lipinski definition) is 3. The first-order valence-electron chi connectivity index (χ1n) is 7.09. The van der Waals surface area contributed by atoms with E-state index >= 15 is 0 Å². The molecule has 3 fully saturated rings. The van der Waals surface area contributed by atoms with Gasteiger partial charge in [0.15, 0.2) is 12.6 Å². The van der Waals surface area contributed by atoms with Crippen molar-refractivity contribution in [3.8, 4) is 0 Å². The van der Waals surface area contributed by atoms with Gasteiger partial charge in [0.05, 0.1) is 0 Å². The van der Waals surface area contributed by atoms with Gasteiger partial charge in [0, 0.05) is 11.8 Å². The molecule has 3 aliphatic rings. The molecular weight excluding hydrogens is 228 g/mol. The normalized spacial score (nSPS) is 55.1. The second-order valence-electron chi connectivity index (χ2n) is 6.94. The summed E-state index contributed by atoms with van der Waals surface area (Å²) in [5, 5.41) is 20.4. The van der Waals surface area contributed by atoms with Crippen molar-refractivity contribution >= 4 is 0 Å². The van der Waals surface area contributed by atoms with Crippen molar-refractivity contribution in [1.82, 2.24) is 0 Å². The Balaban J connectivity index is 2.07. The van der Waals surface area contributed by atoms with Crippen LogP contribution < -0.4 is 0 Å². The summed E-state index contributed by atoms with van der Waals surface area (Å²) in [6.07, 6.45) is 0.506. The molecule has 4 bridgehead atoms. The van der Waals surface area contributed by atoms with Crippen LogP contribution in [-0.2, 0) is 4.74 Å². The van der Waals surface area contributed by atoms with Gasteiger partial charge in [0.25, 0.3) is 0 Å². The van der Waals surface area contributed by atoms with E-state index in [0.29, 0.717) is 17.8 Å². The lowest BCUT2D eigenvalue weighted by molar-refractivity contribution is -0.293. The first-order chi connectivity index (χ1) is 8.38. The van der Waals surface area contributed by atoms with Crippen molar-refractivity contribution in [2.45, 2.75) is 46.2 Å². The van der Waals surface area contributed by atoms with Gasteiger partial charge < -0.3 is 14.9 Å². The molecular formula is C15H24O3. The Labute approximate surface area is 109 Å². The first-order valence-corrected chi connectivity index (χ1v) is 7.09. The van der Waals surface area contributed by atoms with E-state index in [2.05, 4.69) is 27.4 Å². The third-order valence-electron chi connectivity index (χ3n) is 5.94. The Morgan fingerprint density at radius 3 is 2.61 bits per heavy atom. The highest BCUT2D eigenvalue weighted by Gasteiger charge is 2.65. The Kier molecular flexibility index (Phi) is 2.68. The van der Waals surface area contributed by atoms with Gasteiger partial charge in [-0.1, -0.05) is 32.9 Å². The summed E-state index contributed by atoms with van der Waals surface area (Å²) >= 11 is 0. The molecule has 7 unspecified atom stereocenters. The summed E-state index contributed by atoms with van der Waals surface area (Å²) in [5.41, 5.74) is 1.04. The summed E-state index contributed by atoms with van der Waals surface area (Å²) in [4.78, 5) is 0. The molecule has 0 aromatic rings. The average molecular weight is 252 g/mol. The number of aliphatic hydroxyl groups is 2. The van der Waals surface area contributed by atoms with Crippen LogP contribution in [0.4, 0.5) is 0 Å². The van der Waals surface area contributed by atoms with Crippen molar-refractivity contribution < 1.29 is 14.9 Å². The summed E-state index contributed by atoms with van der Waals surface area (Å²) < 4.78 is 5.32. The average Bonchev–Trinajstić information content (AvgIpc) is 2.36. The first kappa shape index (κ1) is 12.6. The summed E-state index contributed by atoms with van der Waals surface area (Å²) in [7, 11) is 0. The van der Waals surface area contributed by atoms with Gasteiger partial charge in [0.1, 0.15) is 0 Å². The van der Waals surface area contributed by atoms with Crippen molar-refractivity contribution in [3.63, 3.8) is 0 Å².